The van der Waals surface area contributed by atoms with Gasteiger partial charge < -0.3 is 14.5 Å². The summed E-state index contributed by atoms with van der Waals surface area (Å²) >= 11 is 0. The molecule has 0 saturated carbocycles. The van der Waals surface area contributed by atoms with Crippen LogP contribution in [0.15, 0.2) is 115 Å². The van der Waals surface area contributed by atoms with E-state index in [1.54, 1.807) is 7.11 Å². The van der Waals surface area contributed by atoms with Crippen molar-refractivity contribution in [2.45, 2.75) is 105 Å². The Balaban J connectivity index is 1.72. The zero-order valence-electron chi connectivity index (χ0n) is 32.8. The predicted molar refractivity (Wildman–Crippen MR) is 217 cm³/mol. The highest BCUT2D eigenvalue weighted by Crippen LogP contribution is 2.44. The number of anilines is 6. The molecule has 5 aromatic rings. The molecule has 0 fully saturated rings. The highest BCUT2D eigenvalue weighted by Gasteiger charge is 2.23. The SMILES string of the molecule is COc1cc(N(c2ccc(C(C)(C)C)cc2)c2ccc(C(C)(C)C)cc2)cc(N(c2ccc(C(C)(C)C)cc2)c2ccc(C(C)(C)C)cc2)c1. The van der Waals surface area contributed by atoms with Gasteiger partial charge in [0.25, 0.3) is 0 Å². The average molecular weight is 667 g/mol. The van der Waals surface area contributed by atoms with Crippen LogP contribution in [0.2, 0.25) is 0 Å². The van der Waals surface area contributed by atoms with Crippen molar-refractivity contribution in [1.82, 2.24) is 0 Å². The maximum atomic E-state index is 6.04. The zero-order chi connectivity index (χ0) is 36.6. The first-order chi connectivity index (χ1) is 23.3. The Hall–Kier alpha value is -4.50. The lowest BCUT2D eigenvalue weighted by atomic mass is 9.86. The van der Waals surface area contributed by atoms with E-state index in [9.17, 15) is 0 Å². The summed E-state index contributed by atoms with van der Waals surface area (Å²) in [4.78, 5) is 4.68. The van der Waals surface area contributed by atoms with Gasteiger partial charge in [-0.15, -0.1) is 0 Å². The van der Waals surface area contributed by atoms with E-state index in [1.165, 1.54) is 22.3 Å². The topological polar surface area (TPSA) is 15.7 Å². The Morgan fingerprint density at radius 1 is 0.320 bits per heavy atom. The van der Waals surface area contributed by atoms with Crippen molar-refractivity contribution in [2.75, 3.05) is 16.9 Å². The Morgan fingerprint density at radius 3 is 0.720 bits per heavy atom. The van der Waals surface area contributed by atoms with E-state index in [0.717, 1.165) is 39.9 Å². The molecule has 5 aromatic carbocycles. The van der Waals surface area contributed by atoms with Gasteiger partial charge in [0, 0.05) is 34.9 Å². The smallest absolute Gasteiger partial charge is 0.123 e. The summed E-state index contributed by atoms with van der Waals surface area (Å²) in [5.41, 5.74) is 11.9. The Morgan fingerprint density at radius 2 is 0.540 bits per heavy atom. The van der Waals surface area contributed by atoms with E-state index in [-0.39, 0.29) is 21.7 Å². The summed E-state index contributed by atoms with van der Waals surface area (Å²) in [7, 11) is 1.75. The predicted octanol–water partition coefficient (Wildman–Crippen LogP) is 13.8. The van der Waals surface area contributed by atoms with Crippen molar-refractivity contribution in [1.29, 1.82) is 0 Å². The van der Waals surface area contributed by atoms with Crippen LogP contribution in [0.25, 0.3) is 0 Å². The first kappa shape index (κ1) is 36.8. The molecule has 3 heteroatoms. The lowest BCUT2D eigenvalue weighted by Crippen LogP contribution is -2.16. The van der Waals surface area contributed by atoms with Crippen LogP contribution in [-0.2, 0) is 21.7 Å². The molecule has 0 spiro atoms. The fourth-order valence-electron chi connectivity index (χ4n) is 6.28. The number of rotatable bonds is 7. The largest absolute Gasteiger partial charge is 0.497 e. The van der Waals surface area contributed by atoms with Crippen LogP contribution in [0.5, 0.6) is 5.75 Å². The molecular weight excluding hydrogens is 609 g/mol. The molecule has 0 unspecified atom stereocenters. The number of hydrogen-bond acceptors (Lipinski definition) is 3. The van der Waals surface area contributed by atoms with E-state index in [2.05, 4.69) is 208 Å². The van der Waals surface area contributed by atoms with Crippen LogP contribution in [0, 0.1) is 0 Å². The van der Waals surface area contributed by atoms with Crippen molar-refractivity contribution < 1.29 is 4.74 Å². The number of methoxy groups -OCH3 is 1. The molecule has 0 saturated heterocycles. The molecule has 3 nitrogen and oxygen atoms in total. The van der Waals surface area contributed by atoms with Gasteiger partial charge in [-0.1, -0.05) is 132 Å². The fourth-order valence-corrected chi connectivity index (χ4v) is 6.28. The summed E-state index contributed by atoms with van der Waals surface area (Å²) in [6, 6.07) is 42.6. The second kappa shape index (κ2) is 13.7. The van der Waals surface area contributed by atoms with E-state index in [1.807, 2.05) is 0 Å². The van der Waals surface area contributed by atoms with Crippen molar-refractivity contribution in [3.05, 3.63) is 138 Å². The molecular formula is C47H58N2O. The molecule has 50 heavy (non-hydrogen) atoms. The van der Waals surface area contributed by atoms with Crippen LogP contribution in [0.3, 0.4) is 0 Å². The fraction of sp³-hybridized carbons (Fsp3) is 0.362. The van der Waals surface area contributed by atoms with Gasteiger partial charge >= 0.3 is 0 Å². The van der Waals surface area contributed by atoms with Gasteiger partial charge in [0.2, 0.25) is 0 Å². The normalized spacial score (nSPS) is 12.5. The molecule has 0 N–H and O–H groups in total. The molecule has 0 aromatic heterocycles. The highest BCUT2D eigenvalue weighted by atomic mass is 16.5. The van der Waals surface area contributed by atoms with Crippen molar-refractivity contribution in [2.24, 2.45) is 0 Å². The quantitative estimate of drug-likeness (QED) is 0.172. The maximum Gasteiger partial charge on any atom is 0.123 e. The number of benzene rings is 5. The lowest BCUT2D eigenvalue weighted by Gasteiger charge is -2.31. The Bertz CT molecular complexity index is 1620. The molecule has 0 heterocycles. The lowest BCUT2D eigenvalue weighted by molar-refractivity contribution is 0.415. The van der Waals surface area contributed by atoms with Crippen molar-refractivity contribution in [3.63, 3.8) is 0 Å². The first-order valence-electron chi connectivity index (χ1n) is 18.0. The highest BCUT2D eigenvalue weighted by molar-refractivity contribution is 5.84. The van der Waals surface area contributed by atoms with Crippen LogP contribution in [-0.4, -0.2) is 7.11 Å². The molecule has 0 bridgehead atoms. The number of nitrogens with zero attached hydrogens (tertiary/aromatic N) is 2. The van der Waals surface area contributed by atoms with Gasteiger partial charge in [0.1, 0.15) is 5.75 Å². The number of hydrogen-bond donors (Lipinski definition) is 0. The average Bonchev–Trinajstić information content (AvgIpc) is 3.04. The summed E-state index contributed by atoms with van der Waals surface area (Å²) < 4.78 is 6.04. The van der Waals surface area contributed by atoms with Crippen LogP contribution in [0.1, 0.15) is 105 Å². The minimum Gasteiger partial charge on any atom is -0.497 e. The molecule has 262 valence electrons. The molecule has 5 rings (SSSR count). The molecule has 0 amide bonds. The summed E-state index contributed by atoms with van der Waals surface area (Å²) in [6.07, 6.45) is 0. The second-order valence-electron chi connectivity index (χ2n) is 17.7. The Labute approximate surface area is 302 Å². The maximum absolute atomic E-state index is 6.04. The third kappa shape index (κ3) is 8.27. The first-order valence-corrected chi connectivity index (χ1v) is 18.0. The second-order valence-corrected chi connectivity index (χ2v) is 17.7. The summed E-state index contributed by atoms with van der Waals surface area (Å²) in [5.74, 6) is 0.794. The zero-order valence-corrected chi connectivity index (χ0v) is 32.8. The van der Waals surface area contributed by atoms with Gasteiger partial charge in [0.05, 0.1) is 18.5 Å². The third-order valence-corrected chi connectivity index (χ3v) is 9.59. The number of ether oxygens (including phenoxy) is 1. The van der Waals surface area contributed by atoms with Crippen LogP contribution < -0.4 is 14.5 Å². The van der Waals surface area contributed by atoms with Gasteiger partial charge in [-0.25, -0.2) is 0 Å². The van der Waals surface area contributed by atoms with Gasteiger partial charge in [-0.3, -0.25) is 0 Å². The van der Waals surface area contributed by atoms with E-state index >= 15 is 0 Å². The molecule has 0 aliphatic rings. The summed E-state index contributed by atoms with van der Waals surface area (Å²) in [6.45, 7) is 27.1. The molecule has 0 radical (unpaired) electrons. The van der Waals surface area contributed by atoms with E-state index < -0.39 is 0 Å². The monoisotopic (exact) mass is 666 g/mol. The summed E-state index contributed by atoms with van der Waals surface area (Å²) in [5, 5.41) is 0. The minimum absolute atomic E-state index is 0.0619. The third-order valence-electron chi connectivity index (χ3n) is 9.59. The van der Waals surface area contributed by atoms with Gasteiger partial charge in [-0.2, -0.15) is 0 Å². The molecule has 0 atom stereocenters. The van der Waals surface area contributed by atoms with Gasteiger partial charge in [-0.05, 0) is 98.5 Å². The van der Waals surface area contributed by atoms with Crippen molar-refractivity contribution in [3.8, 4) is 5.75 Å². The van der Waals surface area contributed by atoms with Crippen molar-refractivity contribution >= 4 is 34.1 Å². The van der Waals surface area contributed by atoms with E-state index in [0.29, 0.717) is 0 Å². The van der Waals surface area contributed by atoms with E-state index in [4.69, 9.17) is 4.74 Å². The minimum atomic E-state index is 0.0619. The van der Waals surface area contributed by atoms with Gasteiger partial charge in [0.15, 0.2) is 0 Å². The Kier molecular flexibility index (Phi) is 10.0. The molecule has 0 aliphatic carbocycles. The van der Waals surface area contributed by atoms with Crippen LogP contribution in [0.4, 0.5) is 34.1 Å². The standard InChI is InChI=1S/C47H58N2O/c1-44(2,3)33-14-22-37(23-15-33)48(38-24-16-34(17-25-38)45(4,5)6)41-30-42(32-43(31-41)50-13)49(39-26-18-35(19-27-39)46(7,8)9)40-28-20-36(21-29-40)47(10,11)12/h14-32H,1-13H3. The van der Waals surface area contributed by atoms with Crippen LogP contribution >= 0.6 is 0 Å². The molecule has 0 aliphatic heterocycles.